The third-order valence-corrected chi connectivity index (χ3v) is 6.92. The fourth-order valence-corrected chi connectivity index (χ4v) is 5.27. The summed E-state index contributed by atoms with van der Waals surface area (Å²) in [6.45, 7) is 6.34. The highest BCUT2D eigenvalue weighted by atomic mass is 16.3. The van der Waals surface area contributed by atoms with E-state index in [0.717, 1.165) is 37.6 Å². The molecule has 1 N–H and O–H groups in total. The van der Waals surface area contributed by atoms with E-state index in [1.54, 1.807) is 6.07 Å². The average Bonchev–Trinajstić information content (AvgIpc) is 3.06. The third-order valence-electron chi connectivity index (χ3n) is 6.92. The van der Waals surface area contributed by atoms with Crippen molar-refractivity contribution in [2.24, 2.45) is 17.8 Å². The predicted molar refractivity (Wildman–Crippen MR) is 95.6 cm³/mol. The lowest BCUT2D eigenvalue weighted by Gasteiger charge is -2.42. The number of likely N-dealkylation sites (tertiary alicyclic amines) is 2. The van der Waals surface area contributed by atoms with Crippen molar-refractivity contribution >= 4 is 11.8 Å². The number of carbonyl (C=O) groups is 2. The van der Waals surface area contributed by atoms with Crippen LogP contribution in [0, 0.1) is 24.7 Å². The van der Waals surface area contributed by atoms with Crippen molar-refractivity contribution in [3.05, 3.63) is 23.7 Å². The van der Waals surface area contributed by atoms with Crippen LogP contribution in [-0.4, -0.2) is 59.9 Å². The molecule has 2 atom stereocenters. The van der Waals surface area contributed by atoms with Gasteiger partial charge in [0.25, 0.3) is 5.91 Å². The molecule has 6 heteroatoms. The molecule has 1 saturated carbocycles. The minimum Gasteiger partial charge on any atom is -0.456 e. The molecule has 140 valence electrons. The lowest BCUT2D eigenvalue weighted by molar-refractivity contribution is -0.123. The summed E-state index contributed by atoms with van der Waals surface area (Å²) in [5, 5.41) is 3.34. The quantitative estimate of drug-likeness (QED) is 0.893. The van der Waals surface area contributed by atoms with Crippen molar-refractivity contribution in [2.75, 3.05) is 32.7 Å². The summed E-state index contributed by atoms with van der Waals surface area (Å²) in [6.07, 6.45) is 4.41. The molecule has 26 heavy (non-hydrogen) atoms. The summed E-state index contributed by atoms with van der Waals surface area (Å²) in [5.41, 5.74) is -0.115. The molecular weight excluding hydrogens is 330 g/mol. The van der Waals surface area contributed by atoms with Gasteiger partial charge in [0.1, 0.15) is 5.76 Å². The van der Waals surface area contributed by atoms with Gasteiger partial charge in [-0.15, -0.1) is 0 Å². The Kier molecular flexibility index (Phi) is 3.68. The smallest absolute Gasteiger partial charge is 0.289 e. The zero-order chi connectivity index (χ0) is 17.9. The number of hydrogen-bond acceptors (Lipinski definition) is 4. The highest BCUT2D eigenvalue weighted by Crippen LogP contribution is 2.45. The van der Waals surface area contributed by atoms with E-state index in [1.807, 2.05) is 17.9 Å². The lowest BCUT2D eigenvalue weighted by Crippen LogP contribution is -2.56. The maximum Gasteiger partial charge on any atom is 0.289 e. The van der Waals surface area contributed by atoms with Gasteiger partial charge in [0, 0.05) is 44.2 Å². The van der Waals surface area contributed by atoms with Crippen molar-refractivity contribution in [1.82, 2.24) is 15.1 Å². The van der Waals surface area contributed by atoms with Gasteiger partial charge in [-0.1, -0.05) is 0 Å². The predicted octanol–water partition coefficient (Wildman–Crippen LogP) is 1.65. The Hall–Kier alpha value is -1.82. The molecule has 4 heterocycles. The lowest BCUT2D eigenvalue weighted by atomic mass is 9.75. The normalized spacial score (nSPS) is 30.7. The molecule has 2 amide bonds. The van der Waals surface area contributed by atoms with Gasteiger partial charge in [-0.25, -0.2) is 0 Å². The van der Waals surface area contributed by atoms with E-state index in [1.165, 1.54) is 19.4 Å². The number of amides is 2. The fourth-order valence-electron chi connectivity index (χ4n) is 5.27. The molecule has 0 radical (unpaired) electrons. The molecule has 1 aromatic heterocycles. The Balaban J connectivity index is 1.26. The van der Waals surface area contributed by atoms with Crippen LogP contribution in [0.3, 0.4) is 0 Å². The number of nitrogens with zero attached hydrogens (tertiary/aromatic N) is 2. The van der Waals surface area contributed by atoms with Crippen LogP contribution in [0.1, 0.15) is 42.0 Å². The summed E-state index contributed by atoms with van der Waals surface area (Å²) in [5.74, 6) is 2.78. The first-order chi connectivity index (χ1) is 12.5. The Morgan fingerprint density at radius 2 is 2.04 bits per heavy atom. The van der Waals surface area contributed by atoms with Gasteiger partial charge in [0.2, 0.25) is 5.91 Å². The molecule has 4 aliphatic rings. The molecule has 4 fully saturated rings. The van der Waals surface area contributed by atoms with E-state index in [2.05, 4.69) is 10.2 Å². The standard InChI is InChI=1S/C20H27N3O3/c1-13-2-5-17(26-13)19(25)23-8-6-20(7-9-23)16-12-22(10-14-3-4-14)11-15(16)18(24)21-20/h2,5,14-16H,3-4,6-12H2,1H3,(H,21,24)/t15-,16+/m1/s1. The van der Waals surface area contributed by atoms with Gasteiger partial charge in [0.05, 0.1) is 5.92 Å². The first-order valence-electron chi connectivity index (χ1n) is 9.94. The number of carbonyl (C=O) groups excluding carboxylic acids is 2. The molecule has 0 bridgehead atoms. The monoisotopic (exact) mass is 357 g/mol. The van der Waals surface area contributed by atoms with Crippen LogP contribution in [0.25, 0.3) is 0 Å². The van der Waals surface area contributed by atoms with E-state index >= 15 is 0 Å². The number of hydrogen-bond donors (Lipinski definition) is 1. The summed E-state index contributed by atoms with van der Waals surface area (Å²) < 4.78 is 5.49. The SMILES string of the molecule is Cc1ccc(C(=O)N2CCC3(CC2)NC(=O)[C@@H]2CN(CC4CC4)C[C@@H]23)o1. The average molecular weight is 357 g/mol. The Morgan fingerprint density at radius 3 is 2.69 bits per heavy atom. The summed E-state index contributed by atoms with van der Waals surface area (Å²) in [6, 6.07) is 3.58. The largest absolute Gasteiger partial charge is 0.456 e. The fraction of sp³-hybridized carbons (Fsp3) is 0.700. The van der Waals surface area contributed by atoms with Gasteiger partial charge >= 0.3 is 0 Å². The van der Waals surface area contributed by atoms with Gasteiger partial charge in [-0.3, -0.25) is 9.59 Å². The Morgan fingerprint density at radius 1 is 1.27 bits per heavy atom. The molecule has 3 saturated heterocycles. The molecule has 1 spiro atoms. The summed E-state index contributed by atoms with van der Waals surface area (Å²) >= 11 is 0. The number of fused-ring (bicyclic) bond motifs is 2. The summed E-state index contributed by atoms with van der Waals surface area (Å²) in [7, 11) is 0. The van der Waals surface area contributed by atoms with Crippen LogP contribution in [0.4, 0.5) is 0 Å². The zero-order valence-corrected chi connectivity index (χ0v) is 15.4. The van der Waals surface area contributed by atoms with Crippen LogP contribution < -0.4 is 5.32 Å². The van der Waals surface area contributed by atoms with Crippen LogP contribution in [0.5, 0.6) is 0 Å². The maximum atomic E-state index is 12.6. The van der Waals surface area contributed by atoms with Gasteiger partial charge in [-0.05, 0) is 50.7 Å². The van der Waals surface area contributed by atoms with E-state index in [0.29, 0.717) is 24.8 Å². The second kappa shape index (κ2) is 5.84. The number of aryl methyl sites for hydroxylation is 1. The van der Waals surface area contributed by atoms with E-state index < -0.39 is 0 Å². The molecule has 6 nitrogen and oxygen atoms in total. The maximum absolute atomic E-state index is 12.6. The first kappa shape index (κ1) is 16.4. The van der Waals surface area contributed by atoms with Crippen LogP contribution in [-0.2, 0) is 4.79 Å². The van der Waals surface area contributed by atoms with E-state index in [4.69, 9.17) is 4.42 Å². The van der Waals surface area contributed by atoms with Crippen molar-refractivity contribution < 1.29 is 14.0 Å². The topological polar surface area (TPSA) is 65.8 Å². The molecule has 0 aromatic carbocycles. The highest BCUT2D eigenvalue weighted by molar-refractivity contribution is 5.91. The first-order valence-corrected chi connectivity index (χ1v) is 9.94. The Bertz CT molecular complexity index is 730. The number of piperidine rings is 1. The van der Waals surface area contributed by atoms with Crippen molar-refractivity contribution in [1.29, 1.82) is 0 Å². The zero-order valence-electron chi connectivity index (χ0n) is 15.4. The minimum absolute atomic E-state index is 0.0318. The van der Waals surface area contributed by atoms with Gasteiger partial charge < -0.3 is 19.5 Å². The van der Waals surface area contributed by atoms with Crippen LogP contribution in [0.2, 0.25) is 0 Å². The molecule has 1 aromatic rings. The second-order valence-electron chi connectivity index (χ2n) is 8.72. The minimum atomic E-state index is -0.115. The molecule has 3 aliphatic heterocycles. The van der Waals surface area contributed by atoms with Crippen molar-refractivity contribution in [3.8, 4) is 0 Å². The highest BCUT2D eigenvalue weighted by Gasteiger charge is 2.57. The van der Waals surface area contributed by atoms with Crippen molar-refractivity contribution in [3.63, 3.8) is 0 Å². The molecule has 0 unspecified atom stereocenters. The van der Waals surface area contributed by atoms with E-state index in [-0.39, 0.29) is 23.3 Å². The van der Waals surface area contributed by atoms with Crippen LogP contribution in [0.15, 0.2) is 16.5 Å². The molecular formula is C20H27N3O3. The number of furan rings is 1. The Labute approximate surface area is 153 Å². The third kappa shape index (κ3) is 2.66. The van der Waals surface area contributed by atoms with E-state index in [9.17, 15) is 9.59 Å². The second-order valence-corrected chi connectivity index (χ2v) is 8.72. The molecule has 1 aliphatic carbocycles. The number of nitrogens with one attached hydrogen (secondary N) is 1. The van der Waals surface area contributed by atoms with Gasteiger partial charge in [-0.2, -0.15) is 0 Å². The summed E-state index contributed by atoms with van der Waals surface area (Å²) in [4.78, 5) is 29.6. The molecule has 5 rings (SSSR count). The van der Waals surface area contributed by atoms with Crippen molar-refractivity contribution in [2.45, 2.75) is 38.1 Å². The number of rotatable bonds is 3. The van der Waals surface area contributed by atoms with Gasteiger partial charge in [0.15, 0.2) is 5.76 Å². The van der Waals surface area contributed by atoms with Crippen LogP contribution >= 0.6 is 0 Å².